The van der Waals surface area contributed by atoms with Gasteiger partial charge in [-0.1, -0.05) is 12.1 Å². The van der Waals surface area contributed by atoms with E-state index in [-0.39, 0.29) is 49.7 Å². The maximum atomic E-state index is 12.4. The number of hydrogen-bond donors (Lipinski definition) is 1. The zero-order chi connectivity index (χ0) is 19.9. The fourth-order valence-electron chi connectivity index (χ4n) is 2.70. The van der Waals surface area contributed by atoms with Crippen LogP contribution >= 0.6 is 59.8 Å². The Bertz CT molecular complexity index is 963. The molecule has 3 aromatic rings. The van der Waals surface area contributed by atoms with Gasteiger partial charge in [0.15, 0.2) is 0 Å². The van der Waals surface area contributed by atoms with Crippen molar-refractivity contribution in [2.75, 3.05) is 26.3 Å². The number of alkyl halides is 1. The molecule has 0 bridgehead atoms. The molecule has 0 aliphatic rings. The van der Waals surface area contributed by atoms with Crippen molar-refractivity contribution in [1.29, 1.82) is 0 Å². The smallest absolute Gasteiger partial charge is 0.271 e. The van der Waals surface area contributed by atoms with Crippen LogP contribution in [0.25, 0.3) is 11.0 Å². The Balaban J connectivity index is 0.00000300. The first-order valence-corrected chi connectivity index (χ1v) is 10.0. The zero-order valence-corrected chi connectivity index (χ0v) is 21.3. The van der Waals surface area contributed by atoms with E-state index in [0.29, 0.717) is 30.8 Å². The third kappa shape index (κ3) is 8.60. The summed E-state index contributed by atoms with van der Waals surface area (Å²) in [5.41, 5.74) is 2.53. The molecule has 1 amide bonds. The van der Waals surface area contributed by atoms with Gasteiger partial charge in [-0.05, 0) is 47.3 Å². The minimum Gasteiger partial charge on any atom is -0.349 e. The number of carbonyl (C=O) groups excluding carboxylic acids is 1. The number of nitrogens with one attached hydrogen (secondary N) is 1. The van der Waals surface area contributed by atoms with Gasteiger partial charge in [0.1, 0.15) is 12.4 Å². The Kier molecular flexibility index (Phi) is 14.0. The van der Waals surface area contributed by atoms with Gasteiger partial charge in [0.25, 0.3) is 5.91 Å². The van der Waals surface area contributed by atoms with Crippen molar-refractivity contribution in [3.63, 3.8) is 0 Å². The lowest BCUT2D eigenvalue weighted by atomic mass is 10.3. The molecule has 0 fully saturated rings. The Morgan fingerprint density at radius 2 is 2.03 bits per heavy atom. The van der Waals surface area contributed by atoms with Gasteiger partial charge in [0, 0.05) is 29.4 Å². The molecule has 0 aliphatic heterocycles. The van der Waals surface area contributed by atoms with Crippen LogP contribution in [0.1, 0.15) is 23.1 Å². The van der Waals surface area contributed by atoms with Crippen LogP contribution in [0.5, 0.6) is 0 Å². The zero-order valence-electron chi connectivity index (χ0n) is 16.7. The van der Waals surface area contributed by atoms with Crippen molar-refractivity contribution in [1.82, 2.24) is 35.2 Å². The minimum absolute atomic E-state index is 0. The van der Waals surface area contributed by atoms with Crippen molar-refractivity contribution in [2.45, 2.75) is 20.0 Å². The van der Waals surface area contributed by atoms with Gasteiger partial charge in [-0.15, -0.1) is 42.3 Å². The summed E-state index contributed by atoms with van der Waals surface area (Å²) in [5, 5.41) is 10.8. The highest BCUT2D eigenvalue weighted by Crippen LogP contribution is 2.13. The third-order valence-electron chi connectivity index (χ3n) is 4.18. The second kappa shape index (κ2) is 14.7. The summed E-state index contributed by atoms with van der Waals surface area (Å²) in [7, 11) is 0. The Hall–Kier alpha value is -1.34. The number of carbonyl (C=O) groups is 1. The lowest BCUT2D eigenvalue weighted by molar-refractivity contribution is 0.0943. The van der Waals surface area contributed by atoms with Gasteiger partial charge in [-0.3, -0.25) is 14.7 Å². The average Bonchev–Trinajstić information content (AvgIpc) is 3.14. The topological polar surface area (TPSA) is 88.8 Å². The molecule has 0 spiro atoms. The van der Waals surface area contributed by atoms with Crippen LogP contribution in [0, 0.1) is 3.57 Å². The highest BCUT2D eigenvalue weighted by molar-refractivity contribution is 14.1. The molecule has 0 radical (unpaired) electrons. The number of fused-ring (bicyclic) bond motifs is 1. The highest BCUT2D eigenvalue weighted by atomic mass is 127. The van der Waals surface area contributed by atoms with E-state index in [2.05, 4.69) is 53.1 Å². The second-order valence-corrected chi connectivity index (χ2v) is 7.42. The van der Waals surface area contributed by atoms with E-state index >= 15 is 0 Å². The Labute approximate surface area is 212 Å². The number of hydrogen-bond acceptors (Lipinski definition) is 6. The molecule has 1 aromatic carbocycles. The van der Waals surface area contributed by atoms with E-state index in [1.807, 2.05) is 25.1 Å². The summed E-state index contributed by atoms with van der Waals surface area (Å²) in [6.45, 7) is 4.27. The summed E-state index contributed by atoms with van der Waals surface area (Å²) in [6, 6.07) is 5.71. The fourth-order valence-corrected chi connectivity index (χ4v) is 3.17. The molecular formula is C18H24Cl3FIN7O. The van der Waals surface area contributed by atoms with Crippen molar-refractivity contribution in [3.05, 3.63) is 45.6 Å². The molecule has 0 saturated carbocycles. The fraction of sp³-hybridized carbons (Fsp3) is 0.389. The molecule has 13 heteroatoms. The summed E-state index contributed by atoms with van der Waals surface area (Å²) in [4.78, 5) is 23.2. The molecule has 0 aliphatic carbocycles. The summed E-state index contributed by atoms with van der Waals surface area (Å²) in [5.74, 6) is -0.252. The monoisotopic (exact) mass is 605 g/mol. The molecule has 3 rings (SSSR count). The van der Waals surface area contributed by atoms with E-state index in [9.17, 15) is 9.18 Å². The average molecular weight is 607 g/mol. The van der Waals surface area contributed by atoms with Gasteiger partial charge in [-0.25, -0.2) is 14.1 Å². The lowest BCUT2D eigenvalue weighted by Crippen LogP contribution is -2.35. The summed E-state index contributed by atoms with van der Waals surface area (Å²) < 4.78 is 14.9. The number of aromatic nitrogens is 5. The molecule has 0 unspecified atom stereocenters. The van der Waals surface area contributed by atoms with Crippen LogP contribution in [0.15, 0.2) is 30.6 Å². The largest absolute Gasteiger partial charge is 0.349 e. The van der Waals surface area contributed by atoms with Gasteiger partial charge in [0.05, 0.1) is 29.5 Å². The molecule has 1 N–H and O–H groups in total. The number of likely N-dealkylation sites (N-methyl/N-ethyl adjacent to an activating group) is 1. The Morgan fingerprint density at radius 1 is 1.26 bits per heavy atom. The number of benzene rings is 1. The van der Waals surface area contributed by atoms with Crippen LogP contribution in [-0.2, 0) is 13.1 Å². The van der Waals surface area contributed by atoms with Crippen molar-refractivity contribution < 1.29 is 9.18 Å². The third-order valence-corrected chi connectivity index (χ3v) is 4.85. The van der Waals surface area contributed by atoms with Crippen LogP contribution in [-0.4, -0.2) is 62.1 Å². The first-order valence-electron chi connectivity index (χ1n) is 8.97. The van der Waals surface area contributed by atoms with Gasteiger partial charge >= 0.3 is 0 Å². The van der Waals surface area contributed by atoms with Crippen LogP contribution in [0.3, 0.4) is 0 Å². The maximum Gasteiger partial charge on any atom is 0.271 e. The normalized spacial score (nSPS) is 10.2. The molecule has 0 saturated heterocycles. The second-order valence-electron chi connectivity index (χ2n) is 6.17. The van der Waals surface area contributed by atoms with Gasteiger partial charge < -0.3 is 5.32 Å². The predicted molar refractivity (Wildman–Crippen MR) is 133 cm³/mol. The van der Waals surface area contributed by atoms with Crippen LogP contribution < -0.4 is 5.32 Å². The highest BCUT2D eigenvalue weighted by Gasteiger charge is 2.11. The number of aryl methyl sites for hydroxylation is 1. The quantitative estimate of drug-likeness (QED) is 0.376. The molecule has 2 aromatic heterocycles. The summed E-state index contributed by atoms with van der Waals surface area (Å²) >= 11 is 2.21. The van der Waals surface area contributed by atoms with E-state index in [0.717, 1.165) is 21.3 Å². The summed E-state index contributed by atoms with van der Waals surface area (Å²) in [6.07, 6.45) is 3.24. The molecule has 0 atom stereocenters. The molecule has 8 nitrogen and oxygen atoms in total. The van der Waals surface area contributed by atoms with Crippen LogP contribution in [0.4, 0.5) is 4.39 Å². The molecular weight excluding hydrogens is 583 g/mol. The predicted octanol–water partition coefficient (Wildman–Crippen LogP) is 3.31. The molecule has 172 valence electrons. The molecule has 31 heavy (non-hydrogen) atoms. The standard InChI is InChI=1S/C18H21FIN7O.3ClH/c1-2-26(11-14-12-27(7-5-19)25-24-14)8-6-21-18(28)17-10-22-16-9-13(20)3-4-15(16)23-17;;;/h3-4,9-10,12H,2,5-8,11H2,1H3,(H,21,28);3*1H. The SMILES string of the molecule is CCN(CCNC(=O)c1cnc2cc(I)ccc2n1)Cc1cn(CCF)nn1.Cl.Cl.Cl. The van der Waals surface area contributed by atoms with E-state index in [1.165, 1.54) is 10.9 Å². The lowest BCUT2D eigenvalue weighted by Gasteiger charge is -2.19. The number of nitrogens with zero attached hydrogens (tertiary/aromatic N) is 6. The van der Waals surface area contributed by atoms with Crippen LogP contribution in [0.2, 0.25) is 0 Å². The number of halogens is 5. The number of rotatable bonds is 9. The Morgan fingerprint density at radius 3 is 2.74 bits per heavy atom. The van der Waals surface area contributed by atoms with Crippen molar-refractivity contribution >= 4 is 76.8 Å². The first-order chi connectivity index (χ1) is 13.6. The van der Waals surface area contributed by atoms with E-state index in [1.54, 1.807) is 6.20 Å². The van der Waals surface area contributed by atoms with E-state index < -0.39 is 6.67 Å². The maximum absolute atomic E-state index is 12.4. The first kappa shape index (κ1) is 29.7. The molecule has 2 heterocycles. The van der Waals surface area contributed by atoms with Gasteiger partial charge in [0.2, 0.25) is 0 Å². The van der Waals surface area contributed by atoms with Crippen molar-refractivity contribution in [2.24, 2.45) is 0 Å². The van der Waals surface area contributed by atoms with Crippen molar-refractivity contribution in [3.8, 4) is 0 Å². The van der Waals surface area contributed by atoms with Gasteiger partial charge in [-0.2, -0.15) is 0 Å². The number of amides is 1. The minimum atomic E-state index is -0.469. The van der Waals surface area contributed by atoms with E-state index in [4.69, 9.17) is 0 Å².